The second kappa shape index (κ2) is 6.52. The van der Waals surface area contributed by atoms with E-state index in [9.17, 15) is 9.18 Å². The molecule has 0 bridgehead atoms. The number of rotatable bonds is 5. The second-order valence-electron chi connectivity index (χ2n) is 4.77. The molecule has 1 aliphatic heterocycles. The van der Waals surface area contributed by atoms with Crippen LogP contribution in [0.15, 0.2) is 18.2 Å². The minimum absolute atomic E-state index is 0.0356. The van der Waals surface area contributed by atoms with Gasteiger partial charge in [-0.2, -0.15) is 0 Å². The number of ether oxygens (including phenoxy) is 1. The lowest BCUT2D eigenvalue weighted by Gasteiger charge is -2.14. The summed E-state index contributed by atoms with van der Waals surface area (Å²) in [6.07, 6.45) is 3.34. The van der Waals surface area contributed by atoms with Crippen molar-refractivity contribution in [3.8, 4) is 0 Å². The monoisotopic (exact) mass is 266 g/mol. The molecule has 1 aliphatic rings. The molecule has 1 saturated heterocycles. The largest absolute Gasteiger partial charge is 0.462 e. The van der Waals surface area contributed by atoms with Crippen LogP contribution in [0.3, 0.4) is 0 Å². The van der Waals surface area contributed by atoms with Gasteiger partial charge in [0.2, 0.25) is 0 Å². The van der Waals surface area contributed by atoms with Crippen molar-refractivity contribution in [2.24, 2.45) is 0 Å². The fourth-order valence-corrected chi connectivity index (χ4v) is 2.21. The molecule has 0 saturated carbocycles. The van der Waals surface area contributed by atoms with E-state index in [2.05, 4.69) is 4.90 Å². The van der Waals surface area contributed by atoms with Crippen molar-refractivity contribution >= 4 is 11.7 Å². The first kappa shape index (κ1) is 13.8. The second-order valence-corrected chi connectivity index (χ2v) is 4.77. The van der Waals surface area contributed by atoms with Crippen LogP contribution >= 0.6 is 0 Å². The molecule has 0 radical (unpaired) electrons. The van der Waals surface area contributed by atoms with Gasteiger partial charge < -0.3 is 15.4 Å². The highest BCUT2D eigenvalue weighted by Crippen LogP contribution is 2.13. The van der Waals surface area contributed by atoms with Crippen molar-refractivity contribution in [2.75, 3.05) is 32.0 Å². The maximum absolute atomic E-state index is 13.0. The normalized spacial score (nSPS) is 15.6. The Hall–Kier alpha value is -1.62. The first-order valence-electron chi connectivity index (χ1n) is 6.61. The minimum atomic E-state index is -0.523. The smallest absolute Gasteiger partial charge is 0.338 e. The van der Waals surface area contributed by atoms with Gasteiger partial charge in [0.25, 0.3) is 0 Å². The highest BCUT2D eigenvalue weighted by molar-refractivity contribution is 5.90. The van der Waals surface area contributed by atoms with Crippen molar-refractivity contribution in [2.45, 2.75) is 19.3 Å². The van der Waals surface area contributed by atoms with Crippen LogP contribution in [0.2, 0.25) is 0 Å². The molecular weight excluding hydrogens is 247 g/mol. The number of esters is 1. The van der Waals surface area contributed by atoms with Crippen LogP contribution in [0.5, 0.6) is 0 Å². The lowest BCUT2D eigenvalue weighted by molar-refractivity contribution is 0.0491. The number of likely N-dealkylation sites (tertiary alicyclic amines) is 1. The maximum Gasteiger partial charge on any atom is 0.338 e. The zero-order valence-corrected chi connectivity index (χ0v) is 10.9. The number of nitrogens with two attached hydrogens (primary N) is 1. The van der Waals surface area contributed by atoms with Crippen molar-refractivity contribution in [1.29, 1.82) is 0 Å². The molecule has 0 unspecified atom stereocenters. The fourth-order valence-electron chi connectivity index (χ4n) is 2.21. The first-order valence-corrected chi connectivity index (χ1v) is 6.61. The Balaban J connectivity index is 1.72. The highest BCUT2D eigenvalue weighted by atomic mass is 19.1. The standard InChI is InChI=1S/C14H19FN2O2/c15-12-5-4-11(10-13(12)16)14(18)19-9-3-8-17-6-1-2-7-17/h4-5,10H,1-3,6-9,16H2. The zero-order chi connectivity index (χ0) is 13.7. The molecule has 0 atom stereocenters. The van der Waals surface area contributed by atoms with Gasteiger partial charge in [0.1, 0.15) is 5.82 Å². The van der Waals surface area contributed by atoms with Crippen molar-refractivity contribution in [3.63, 3.8) is 0 Å². The molecule has 0 aliphatic carbocycles. The molecular formula is C14H19FN2O2. The Morgan fingerprint density at radius 2 is 2.11 bits per heavy atom. The molecule has 19 heavy (non-hydrogen) atoms. The molecule has 1 aromatic rings. The number of nitrogen functional groups attached to an aromatic ring is 1. The van der Waals surface area contributed by atoms with Gasteiger partial charge in [0.15, 0.2) is 0 Å². The summed E-state index contributed by atoms with van der Waals surface area (Å²) >= 11 is 0. The number of hydrogen-bond acceptors (Lipinski definition) is 4. The van der Waals surface area contributed by atoms with Crippen LogP contribution in [0.4, 0.5) is 10.1 Å². The molecule has 4 nitrogen and oxygen atoms in total. The van der Waals surface area contributed by atoms with Crippen LogP contribution in [-0.4, -0.2) is 37.1 Å². The van der Waals surface area contributed by atoms with Gasteiger partial charge in [-0.25, -0.2) is 9.18 Å². The zero-order valence-electron chi connectivity index (χ0n) is 10.9. The van der Waals surface area contributed by atoms with Crippen molar-refractivity contribution in [3.05, 3.63) is 29.6 Å². The van der Waals surface area contributed by atoms with Gasteiger partial charge in [-0.05, 0) is 50.6 Å². The van der Waals surface area contributed by atoms with Crippen molar-refractivity contribution < 1.29 is 13.9 Å². The number of benzene rings is 1. The third-order valence-corrected chi connectivity index (χ3v) is 3.28. The molecule has 1 aromatic carbocycles. The highest BCUT2D eigenvalue weighted by Gasteiger charge is 2.12. The predicted octanol–water partition coefficient (Wildman–Crippen LogP) is 2.05. The van der Waals surface area contributed by atoms with E-state index in [1.165, 1.54) is 31.0 Å². The van der Waals surface area contributed by atoms with E-state index in [1.807, 2.05) is 0 Å². The van der Waals surface area contributed by atoms with E-state index < -0.39 is 11.8 Å². The van der Waals surface area contributed by atoms with Gasteiger partial charge in [-0.1, -0.05) is 0 Å². The summed E-state index contributed by atoms with van der Waals surface area (Å²) in [6.45, 7) is 3.62. The molecule has 2 N–H and O–H groups in total. The lowest BCUT2D eigenvalue weighted by Crippen LogP contribution is -2.22. The number of nitrogens with zero attached hydrogens (tertiary/aromatic N) is 1. The van der Waals surface area contributed by atoms with E-state index in [0.717, 1.165) is 26.1 Å². The van der Waals surface area contributed by atoms with Gasteiger partial charge in [0, 0.05) is 6.54 Å². The number of hydrogen-bond donors (Lipinski definition) is 1. The van der Waals surface area contributed by atoms with E-state index >= 15 is 0 Å². The molecule has 0 aromatic heterocycles. The number of carbonyl (C=O) groups is 1. The van der Waals surface area contributed by atoms with E-state index in [0.29, 0.717) is 12.2 Å². The molecule has 0 spiro atoms. The van der Waals surface area contributed by atoms with E-state index in [4.69, 9.17) is 10.5 Å². The van der Waals surface area contributed by atoms with Crippen LogP contribution in [0, 0.1) is 5.82 Å². The Morgan fingerprint density at radius 3 is 2.79 bits per heavy atom. The summed E-state index contributed by atoms with van der Waals surface area (Å²) in [7, 11) is 0. The Morgan fingerprint density at radius 1 is 1.37 bits per heavy atom. The number of halogens is 1. The summed E-state index contributed by atoms with van der Waals surface area (Å²) in [5.74, 6) is -0.973. The molecule has 1 heterocycles. The molecule has 104 valence electrons. The van der Waals surface area contributed by atoms with E-state index in [-0.39, 0.29) is 5.69 Å². The topological polar surface area (TPSA) is 55.6 Å². The van der Waals surface area contributed by atoms with Gasteiger partial charge >= 0.3 is 5.97 Å². The third-order valence-electron chi connectivity index (χ3n) is 3.28. The average molecular weight is 266 g/mol. The molecule has 0 amide bonds. The van der Waals surface area contributed by atoms with Gasteiger partial charge in [-0.3, -0.25) is 0 Å². The Kier molecular flexibility index (Phi) is 4.74. The van der Waals surface area contributed by atoms with Gasteiger partial charge in [-0.15, -0.1) is 0 Å². The predicted molar refractivity (Wildman–Crippen MR) is 71.4 cm³/mol. The molecule has 1 fully saturated rings. The third kappa shape index (κ3) is 3.92. The van der Waals surface area contributed by atoms with Gasteiger partial charge in [0.05, 0.1) is 17.9 Å². The summed E-state index contributed by atoms with van der Waals surface area (Å²) in [5, 5.41) is 0. The summed E-state index contributed by atoms with van der Waals surface area (Å²) in [6, 6.07) is 3.86. The van der Waals surface area contributed by atoms with Crippen LogP contribution < -0.4 is 5.73 Å². The van der Waals surface area contributed by atoms with Crippen LogP contribution in [-0.2, 0) is 4.74 Å². The summed E-state index contributed by atoms with van der Waals surface area (Å²) in [4.78, 5) is 14.1. The Bertz CT molecular complexity index is 445. The quantitative estimate of drug-likeness (QED) is 0.503. The summed E-state index contributed by atoms with van der Waals surface area (Å²) < 4.78 is 18.1. The minimum Gasteiger partial charge on any atom is -0.462 e. The van der Waals surface area contributed by atoms with E-state index in [1.54, 1.807) is 0 Å². The van der Waals surface area contributed by atoms with Crippen LogP contribution in [0.1, 0.15) is 29.6 Å². The summed E-state index contributed by atoms with van der Waals surface area (Å²) in [5.41, 5.74) is 5.66. The lowest BCUT2D eigenvalue weighted by atomic mass is 10.2. The number of anilines is 1. The SMILES string of the molecule is Nc1cc(C(=O)OCCCN2CCCC2)ccc1F. The first-order chi connectivity index (χ1) is 9.16. The Labute approximate surface area is 112 Å². The number of carbonyl (C=O) groups excluding carboxylic acids is 1. The fraction of sp³-hybridized carbons (Fsp3) is 0.500. The van der Waals surface area contributed by atoms with Crippen molar-refractivity contribution in [1.82, 2.24) is 4.90 Å². The maximum atomic E-state index is 13.0. The molecule has 5 heteroatoms. The van der Waals surface area contributed by atoms with Crippen LogP contribution in [0.25, 0.3) is 0 Å². The average Bonchev–Trinajstić information content (AvgIpc) is 2.91. The molecule has 2 rings (SSSR count).